The van der Waals surface area contributed by atoms with Gasteiger partial charge in [-0.25, -0.2) is 4.98 Å². The van der Waals surface area contributed by atoms with Crippen LogP contribution in [-0.2, 0) is 13.5 Å². The number of ketones is 1. The van der Waals surface area contributed by atoms with E-state index in [1.165, 1.54) is 18.3 Å². The zero-order chi connectivity index (χ0) is 14.7. The Balaban J connectivity index is 2.10. The maximum Gasteiger partial charge on any atom is 0.171 e. The van der Waals surface area contributed by atoms with Gasteiger partial charge in [0, 0.05) is 39.3 Å². The first-order valence-corrected chi connectivity index (χ1v) is 6.89. The maximum atomic E-state index is 11.4. The third-order valence-electron chi connectivity index (χ3n) is 2.93. The van der Waals surface area contributed by atoms with Crippen LogP contribution in [0.25, 0.3) is 0 Å². The first-order valence-electron chi connectivity index (χ1n) is 6.08. The molecular formula is C13H15N5OS. The van der Waals surface area contributed by atoms with Crippen LogP contribution in [0.2, 0.25) is 0 Å². The summed E-state index contributed by atoms with van der Waals surface area (Å²) in [6.07, 6.45) is 4.35. The molecule has 2 aromatic rings. The molecule has 0 saturated carbocycles. The molecule has 0 bridgehead atoms. The Morgan fingerprint density at radius 2 is 2.40 bits per heavy atom. The number of aryl methyl sites for hydroxylation is 1. The number of Topliss-reactive ketones (excluding diaryl/α,β-unsaturated/α-hetero) is 1. The number of anilines is 2. The Morgan fingerprint density at radius 1 is 1.65 bits per heavy atom. The number of aromatic nitrogens is 2. The van der Waals surface area contributed by atoms with E-state index in [2.05, 4.69) is 10.3 Å². The van der Waals surface area contributed by atoms with Crippen molar-refractivity contribution in [1.82, 2.24) is 9.55 Å². The largest absolute Gasteiger partial charge is 0.396 e. The van der Waals surface area contributed by atoms with Crippen LogP contribution in [-0.4, -0.2) is 21.9 Å². The number of nitriles is 1. The molecule has 0 aliphatic heterocycles. The SMILES string of the molecule is CC(=O)c1sc(NCCc2nccn2C)c(C#N)c1N. The fourth-order valence-corrected chi connectivity index (χ4v) is 2.86. The quantitative estimate of drug-likeness (QED) is 0.818. The minimum Gasteiger partial charge on any atom is -0.396 e. The number of nitrogens with zero attached hydrogens (tertiary/aromatic N) is 3. The molecule has 20 heavy (non-hydrogen) atoms. The number of carbonyl (C=O) groups excluding carboxylic acids is 1. The lowest BCUT2D eigenvalue weighted by atomic mass is 10.2. The van der Waals surface area contributed by atoms with Crippen LogP contribution in [0.15, 0.2) is 12.4 Å². The topological polar surface area (TPSA) is 96.7 Å². The van der Waals surface area contributed by atoms with Crippen molar-refractivity contribution in [2.75, 3.05) is 17.6 Å². The number of hydrogen-bond acceptors (Lipinski definition) is 6. The molecule has 0 fully saturated rings. The van der Waals surface area contributed by atoms with Crippen LogP contribution in [0, 0.1) is 11.3 Å². The van der Waals surface area contributed by atoms with Crippen molar-refractivity contribution < 1.29 is 4.79 Å². The summed E-state index contributed by atoms with van der Waals surface area (Å²) in [5, 5.41) is 12.9. The summed E-state index contributed by atoms with van der Waals surface area (Å²) in [5.74, 6) is 0.827. The molecule has 104 valence electrons. The zero-order valence-corrected chi connectivity index (χ0v) is 12.1. The van der Waals surface area contributed by atoms with Gasteiger partial charge in [0.05, 0.1) is 10.6 Å². The number of imidazole rings is 1. The van der Waals surface area contributed by atoms with Gasteiger partial charge in [0.15, 0.2) is 5.78 Å². The molecule has 0 aromatic carbocycles. The van der Waals surface area contributed by atoms with Gasteiger partial charge in [-0.2, -0.15) is 5.26 Å². The van der Waals surface area contributed by atoms with Crippen molar-refractivity contribution in [2.45, 2.75) is 13.3 Å². The van der Waals surface area contributed by atoms with Crippen LogP contribution in [0.4, 0.5) is 10.7 Å². The van der Waals surface area contributed by atoms with E-state index in [-0.39, 0.29) is 11.5 Å². The van der Waals surface area contributed by atoms with E-state index in [0.717, 1.165) is 12.2 Å². The summed E-state index contributed by atoms with van der Waals surface area (Å²) < 4.78 is 1.94. The summed E-state index contributed by atoms with van der Waals surface area (Å²) >= 11 is 1.22. The molecular weight excluding hydrogens is 274 g/mol. The van der Waals surface area contributed by atoms with E-state index in [1.807, 2.05) is 23.9 Å². The number of thiophene rings is 1. The van der Waals surface area contributed by atoms with Gasteiger partial charge in [-0.3, -0.25) is 4.79 Å². The molecule has 0 atom stereocenters. The first-order chi connectivity index (χ1) is 9.54. The van der Waals surface area contributed by atoms with Crippen molar-refractivity contribution in [3.05, 3.63) is 28.7 Å². The highest BCUT2D eigenvalue weighted by Crippen LogP contribution is 2.35. The molecule has 6 nitrogen and oxygen atoms in total. The minimum atomic E-state index is -0.124. The molecule has 0 aliphatic carbocycles. The number of nitrogens with two attached hydrogens (primary N) is 1. The summed E-state index contributed by atoms with van der Waals surface area (Å²) in [6.45, 7) is 2.07. The van der Waals surface area contributed by atoms with Gasteiger partial charge >= 0.3 is 0 Å². The van der Waals surface area contributed by atoms with E-state index in [0.29, 0.717) is 22.0 Å². The lowest BCUT2D eigenvalue weighted by Gasteiger charge is -2.04. The molecule has 0 spiro atoms. The van der Waals surface area contributed by atoms with E-state index in [9.17, 15) is 4.79 Å². The molecule has 2 aromatic heterocycles. The highest BCUT2D eigenvalue weighted by molar-refractivity contribution is 7.18. The van der Waals surface area contributed by atoms with Crippen molar-refractivity contribution in [3.63, 3.8) is 0 Å². The van der Waals surface area contributed by atoms with Crippen LogP contribution in [0.1, 0.15) is 28.0 Å². The molecule has 0 radical (unpaired) electrons. The molecule has 3 N–H and O–H groups in total. The van der Waals surface area contributed by atoms with Crippen LogP contribution in [0.3, 0.4) is 0 Å². The summed E-state index contributed by atoms with van der Waals surface area (Å²) in [4.78, 5) is 16.1. The van der Waals surface area contributed by atoms with Crippen LogP contribution >= 0.6 is 11.3 Å². The van der Waals surface area contributed by atoms with Gasteiger partial charge in [0.1, 0.15) is 22.5 Å². The predicted molar refractivity (Wildman–Crippen MR) is 78.9 cm³/mol. The van der Waals surface area contributed by atoms with Gasteiger partial charge in [-0.05, 0) is 0 Å². The second-order valence-electron chi connectivity index (χ2n) is 4.35. The third-order valence-corrected chi connectivity index (χ3v) is 4.20. The number of hydrogen-bond donors (Lipinski definition) is 2. The van der Waals surface area contributed by atoms with E-state index < -0.39 is 0 Å². The summed E-state index contributed by atoms with van der Waals surface area (Å²) in [5.41, 5.74) is 6.43. The van der Waals surface area contributed by atoms with Crippen LogP contribution in [0.5, 0.6) is 0 Å². The lowest BCUT2D eigenvalue weighted by Crippen LogP contribution is -2.08. The monoisotopic (exact) mass is 289 g/mol. The Morgan fingerprint density at radius 3 is 2.95 bits per heavy atom. The van der Waals surface area contributed by atoms with Crippen molar-refractivity contribution in [2.24, 2.45) is 7.05 Å². The number of nitrogens with one attached hydrogen (secondary N) is 1. The molecule has 7 heteroatoms. The molecule has 2 rings (SSSR count). The van der Waals surface area contributed by atoms with Crippen molar-refractivity contribution in [1.29, 1.82) is 5.26 Å². The Kier molecular flexibility index (Phi) is 4.05. The smallest absolute Gasteiger partial charge is 0.171 e. The summed E-state index contributed by atoms with van der Waals surface area (Å²) in [7, 11) is 1.93. The van der Waals surface area contributed by atoms with Crippen molar-refractivity contribution in [3.8, 4) is 6.07 Å². The second kappa shape index (κ2) is 5.75. The average molecular weight is 289 g/mol. The van der Waals surface area contributed by atoms with E-state index in [4.69, 9.17) is 11.0 Å². The minimum absolute atomic E-state index is 0.124. The molecule has 0 unspecified atom stereocenters. The third kappa shape index (κ3) is 2.65. The Bertz CT molecular complexity index is 679. The fourth-order valence-electron chi connectivity index (χ4n) is 1.87. The van der Waals surface area contributed by atoms with E-state index >= 15 is 0 Å². The Hall–Kier alpha value is -2.33. The standard InChI is InChI=1S/C13H15N5OS/c1-8(19)12-11(15)9(7-14)13(20-12)17-4-3-10-16-5-6-18(10)2/h5-6,17H,3-4,15H2,1-2H3. The van der Waals surface area contributed by atoms with Gasteiger partial charge < -0.3 is 15.6 Å². The van der Waals surface area contributed by atoms with Gasteiger partial charge in [0.25, 0.3) is 0 Å². The van der Waals surface area contributed by atoms with Gasteiger partial charge in [-0.1, -0.05) is 0 Å². The normalized spacial score (nSPS) is 10.2. The molecule has 0 amide bonds. The molecule has 2 heterocycles. The predicted octanol–water partition coefficient (Wildman–Crippen LogP) is 1.79. The number of rotatable bonds is 5. The van der Waals surface area contributed by atoms with Crippen molar-refractivity contribution >= 4 is 27.8 Å². The first kappa shape index (κ1) is 14.1. The number of carbonyl (C=O) groups is 1. The highest BCUT2D eigenvalue weighted by atomic mass is 32.1. The summed E-state index contributed by atoms with van der Waals surface area (Å²) in [6, 6.07) is 2.04. The molecule has 0 saturated heterocycles. The Labute approximate surface area is 120 Å². The second-order valence-corrected chi connectivity index (χ2v) is 5.37. The lowest BCUT2D eigenvalue weighted by molar-refractivity contribution is 0.102. The fraction of sp³-hybridized carbons (Fsp3) is 0.308. The highest BCUT2D eigenvalue weighted by Gasteiger charge is 2.18. The molecule has 0 aliphatic rings. The maximum absolute atomic E-state index is 11.4. The van der Waals surface area contributed by atoms with Gasteiger partial charge in [0.2, 0.25) is 0 Å². The zero-order valence-electron chi connectivity index (χ0n) is 11.3. The van der Waals surface area contributed by atoms with E-state index in [1.54, 1.807) is 6.20 Å². The van der Waals surface area contributed by atoms with Gasteiger partial charge in [-0.15, -0.1) is 11.3 Å². The number of nitrogen functional groups attached to an aromatic ring is 1. The van der Waals surface area contributed by atoms with Crippen LogP contribution < -0.4 is 11.1 Å². The average Bonchev–Trinajstić information content (AvgIpc) is 2.94.